The molecule has 0 bridgehead atoms. The third-order valence-corrected chi connectivity index (χ3v) is 6.45. The standard InChI is InChI=1S/C26H32N2O2S/c1-6-20(5)28(26(29)23-13-8-7-11-19(23)4)15-21-17-31-25(27-21)16-30-24-14-10-9-12-22(24)18(2)3/h7-14,17-18,20H,6,15-16H2,1-5H3. The molecule has 164 valence electrons. The van der Waals surface area contributed by atoms with Gasteiger partial charge in [-0.15, -0.1) is 11.3 Å². The summed E-state index contributed by atoms with van der Waals surface area (Å²) in [6.07, 6.45) is 0.893. The number of hydrogen-bond acceptors (Lipinski definition) is 4. The average molecular weight is 437 g/mol. The lowest BCUT2D eigenvalue weighted by Gasteiger charge is -2.28. The van der Waals surface area contributed by atoms with Gasteiger partial charge >= 0.3 is 0 Å². The molecule has 2 aromatic carbocycles. The lowest BCUT2D eigenvalue weighted by atomic mass is 10.0. The third kappa shape index (κ3) is 5.73. The molecule has 3 rings (SSSR count). The zero-order valence-electron chi connectivity index (χ0n) is 19.1. The predicted molar refractivity (Wildman–Crippen MR) is 128 cm³/mol. The molecular weight excluding hydrogens is 404 g/mol. The highest BCUT2D eigenvalue weighted by molar-refractivity contribution is 7.09. The summed E-state index contributed by atoms with van der Waals surface area (Å²) in [5.41, 5.74) is 3.86. The van der Waals surface area contributed by atoms with Crippen LogP contribution in [0.2, 0.25) is 0 Å². The van der Waals surface area contributed by atoms with Crippen LogP contribution >= 0.6 is 11.3 Å². The molecule has 1 amide bonds. The van der Waals surface area contributed by atoms with Crippen LogP contribution in [0.3, 0.4) is 0 Å². The number of ether oxygens (including phenoxy) is 1. The van der Waals surface area contributed by atoms with Gasteiger partial charge in [-0.05, 0) is 49.4 Å². The summed E-state index contributed by atoms with van der Waals surface area (Å²) in [6, 6.07) is 16.0. The maximum atomic E-state index is 13.3. The molecule has 1 heterocycles. The van der Waals surface area contributed by atoms with E-state index >= 15 is 0 Å². The smallest absolute Gasteiger partial charge is 0.254 e. The number of hydrogen-bond donors (Lipinski definition) is 0. The second-order valence-corrected chi connectivity index (χ2v) is 9.16. The van der Waals surface area contributed by atoms with Gasteiger partial charge in [0.1, 0.15) is 17.4 Å². The van der Waals surface area contributed by atoms with Crippen molar-refractivity contribution in [2.24, 2.45) is 0 Å². The van der Waals surface area contributed by atoms with Crippen LogP contribution in [0.15, 0.2) is 53.9 Å². The van der Waals surface area contributed by atoms with E-state index in [-0.39, 0.29) is 11.9 Å². The minimum atomic E-state index is 0.0594. The first-order chi connectivity index (χ1) is 14.9. The van der Waals surface area contributed by atoms with Crippen LogP contribution in [0.1, 0.15) is 72.2 Å². The van der Waals surface area contributed by atoms with Crippen LogP contribution in [-0.2, 0) is 13.2 Å². The molecule has 0 aliphatic heterocycles. The molecule has 0 aliphatic rings. The quantitative estimate of drug-likeness (QED) is 0.380. The van der Waals surface area contributed by atoms with Gasteiger partial charge in [-0.1, -0.05) is 57.2 Å². The van der Waals surface area contributed by atoms with Crippen molar-refractivity contribution >= 4 is 17.2 Å². The average Bonchev–Trinajstić information content (AvgIpc) is 3.23. The molecule has 31 heavy (non-hydrogen) atoms. The molecule has 1 aromatic heterocycles. The van der Waals surface area contributed by atoms with E-state index in [4.69, 9.17) is 9.72 Å². The predicted octanol–water partition coefficient (Wildman–Crippen LogP) is 6.59. The van der Waals surface area contributed by atoms with E-state index in [2.05, 4.69) is 33.8 Å². The molecule has 0 aliphatic carbocycles. The highest BCUT2D eigenvalue weighted by Gasteiger charge is 2.23. The molecule has 0 fully saturated rings. The first kappa shape index (κ1) is 23.0. The Bertz CT molecular complexity index is 1010. The van der Waals surface area contributed by atoms with Gasteiger partial charge < -0.3 is 9.64 Å². The van der Waals surface area contributed by atoms with Crippen molar-refractivity contribution in [2.45, 2.75) is 66.2 Å². The van der Waals surface area contributed by atoms with Gasteiger partial charge in [-0.25, -0.2) is 4.98 Å². The number of carbonyl (C=O) groups excluding carboxylic acids is 1. The van der Waals surface area contributed by atoms with Crippen LogP contribution in [-0.4, -0.2) is 21.8 Å². The van der Waals surface area contributed by atoms with E-state index in [1.165, 1.54) is 5.56 Å². The lowest BCUT2D eigenvalue weighted by Crippen LogP contribution is -2.38. The number of benzene rings is 2. The van der Waals surface area contributed by atoms with Crippen LogP contribution < -0.4 is 4.74 Å². The number of carbonyl (C=O) groups is 1. The topological polar surface area (TPSA) is 42.4 Å². The van der Waals surface area contributed by atoms with E-state index in [1.54, 1.807) is 11.3 Å². The molecule has 5 heteroatoms. The fourth-order valence-corrected chi connectivity index (χ4v) is 4.20. The minimum Gasteiger partial charge on any atom is -0.486 e. The van der Waals surface area contributed by atoms with Gasteiger partial charge in [0.05, 0.1) is 12.2 Å². The van der Waals surface area contributed by atoms with Crippen LogP contribution in [0, 0.1) is 6.92 Å². The second kappa shape index (κ2) is 10.6. The number of nitrogens with zero attached hydrogens (tertiary/aromatic N) is 2. The fourth-order valence-electron chi connectivity index (χ4n) is 3.51. The number of thiazole rings is 1. The molecule has 0 saturated carbocycles. The van der Waals surface area contributed by atoms with Crippen molar-refractivity contribution in [2.75, 3.05) is 0 Å². The summed E-state index contributed by atoms with van der Waals surface area (Å²) in [7, 11) is 0. The van der Waals surface area contributed by atoms with Gasteiger partial charge in [0.25, 0.3) is 5.91 Å². The first-order valence-electron chi connectivity index (χ1n) is 10.9. The van der Waals surface area contributed by atoms with Gasteiger partial charge in [0, 0.05) is 17.0 Å². The summed E-state index contributed by atoms with van der Waals surface area (Å²) in [5.74, 6) is 1.37. The second-order valence-electron chi connectivity index (χ2n) is 8.22. The van der Waals surface area contributed by atoms with E-state index in [0.29, 0.717) is 19.1 Å². The molecule has 1 unspecified atom stereocenters. The molecule has 0 spiro atoms. The minimum absolute atomic E-state index is 0.0594. The third-order valence-electron chi connectivity index (χ3n) is 5.58. The van der Waals surface area contributed by atoms with E-state index in [0.717, 1.165) is 34.0 Å². The van der Waals surface area contributed by atoms with Crippen LogP contribution in [0.4, 0.5) is 0 Å². The molecule has 0 radical (unpaired) electrons. The number of aryl methyl sites for hydroxylation is 1. The van der Waals surface area contributed by atoms with Crippen LogP contribution in [0.25, 0.3) is 0 Å². The van der Waals surface area contributed by atoms with Crippen molar-refractivity contribution in [1.29, 1.82) is 0 Å². The Labute approximate surface area is 189 Å². The van der Waals surface area contributed by atoms with E-state index in [1.807, 2.05) is 59.7 Å². The monoisotopic (exact) mass is 436 g/mol. The Morgan fingerprint density at radius 2 is 1.81 bits per heavy atom. The van der Waals surface area contributed by atoms with Gasteiger partial charge in [-0.2, -0.15) is 0 Å². The molecule has 3 aromatic rings. The summed E-state index contributed by atoms with van der Waals surface area (Å²) >= 11 is 1.58. The van der Waals surface area contributed by atoms with Gasteiger partial charge in [-0.3, -0.25) is 4.79 Å². The Hall–Kier alpha value is -2.66. The number of aromatic nitrogens is 1. The van der Waals surface area contributed by atoms with Crippen molar-refractivity contribution in [3.8, 4) is 5.75 Å². The summed E-state index contributed by atoms with van der Waals surface area (Å²) in [6.45, 7) is 11.4. The first-order valence-corrected chi connectivity index (χ1v) is 11.8. The molecule has 4 nitrogen and oxygen atoms in total. The highest BCUT2D eigenvalue weighted by atomic mass is 32.1. The number of rotatable bonds is 9. The Morgan fingerprint density at radius 1 is 1.10 bits per heavy atom. The van der Waals surface area contributed by atoms with Crippen LogP contribution in [0.5, 0.6) is 5.75 Å². The number of para-hydroxylation sites is 1. The zero-order valence-corrected chi connectivity index (χ0v) is 19.9. The summed E-state index contributed by atoms with van der Waals surface area (Å²) in [4.78, 5) is 19.9. The Balaban J connectivity index is 1.72. The van der Waals surface area contributed by atoms with E-state index in [9.17, 15) is 4.79 Å². The van der Waals surface area contributed by atoms with Gasteiger partial charge in [0.2, 0.25) is 0 Å². The molecule has 0 saturated heterocycles. The SMILES string of the molecule is CCC(C)N(Cc1csc(COc2ccccc2C(C)C)n1)C(=O)c1ccccc1C. The molecular formula is C26H32N2O2S. The highest BCUT2D eigenvalue weighted by Crippen LogP contribution is 2.27. The normalized spacial score (nSPS) is 12.1. The lowest BCUT2D eigenvalue weighted by molar-refractivity contribution is 0.0668. The maximum absolute atomic E-state index is 13.3. The van der Waals surface area contributed by atoms with Crippen molar-refractivity contribution < 1.29 is 9.53 Å². The van der Waals surface area contributed by atoms with E-state index < -0.39 is 0 Å². The zero-order chi connectivity index (χ0) is 22.4. The van der Waals surface area contributed by atoms with Crippen molar-refractivity contribution in [1.82, 2.24) is 9.88 Å². The fraction of sp³-hybridized carbons (Fsp3) is 0.385. The van der Waals surface area contributed by atoms with Gasteiger partial charge in [0.15, 0.2) is 0 Å². The summed E-state index contributed by atoms with van der Waals surface area (Å²) in [5, 5.41) is 2.95. The van der Waals surface area contributed by atoms with Crippen molar-refractivity contribution in [3.05, 3.63) is 81.3 Å². The molecule has 0 N–H and O–H groups in total. The maximum Gasteiger partial charge on any atom is 0.254 e. The van der Waals surface area contributed by atoms with Crippen molar-refractivity contribution in [3.63, 3.8) is 0 Å². The Morgan fingerprint density at radius 3 is 2.52 bits per heavy atom. The number of amides is 1. The largest absolute Gasteiger partial charge is 0.486 e. The Kier molecular flexibility index (Phi) is 7.85. The summed E-state index contributed by atoms with van der Waals surface area (Å²) < 4.78 is 6.07. The molecule has 1 atom stereocenters.